The summed E-state index contributed by atoms with van der Waals surface area (Å²) in [5.74, 6) is 1.03. The lowest BCUT2D eigenvalue weighted by Gasteiger charge is -2.11. The van der Waals surface area contributed by atoms with E-state index in [1.54, 1.807) is 6.08 Å². The topological polar surface area (TPSA) is 76.7 Å². The zero-order valence-corrected chi connectivity index (χ0v) is 16.1. The van der Waals surface area contributed by atoms with Crippen LogP contribution in [0.3, 0.4) is 0 Å². The predicted molar refractivity (Wildman–Crippen MR) is 103 cm³/mol. The number of carbonyl (C=O) groups is 2. The minimum Gasteiger partial charge on any atom is -0.490 e. The van der Waals surface area contributed by atoms with Gasteiger partial charge >= 0.3 is 0 Å². The summed E-state index contributed by atoms with van der Waals surface area (Å²) in [6.07, 6.45) is 4.29. The first-order valence-corrected chi connectivity index (χ1v) is 9.15. The molecular weight excluding hydrogens is 332 g/mol. The first-order valence-electron chi connectivity index (χ1n) is 9.15. The van der Waals surface area contributed by atoms with E-state index in [4.69, 9.17) is 9.47 Å². The Morgan fingerprint density at radius 1 is 1.12 bits per heavy atom. The summed E-state index contributed by atoms with van der Waals surface area (Å²) < 4.78 is 11.1. The van der Waals surface area contributed by atoms with Crippen molar-refractivity contribution < 1.29 is 19.1 Å². The van der Waals surface area contributed by atoms with E-state index in [0.717, 1.165) is 12.0 Å². The number of carbonyl (C=O) groups excluding carboxylic acids is 2. The van der Waals surface area contributed by atoms with Gasteiger partial charge < -0.3 is 20.1 Å². The van der Waals surface area contributed by atoms with E-state index in [1.807, 2.05) is 45.9 Å². The Morgan fingerprint density at radius 3 is 2.46 bits per heavy atom. The van der Waals surface area contributed by atoms with Gasteiger partial charge in [0.1, 0.15) is 0 Å². The van der Waals surface area contributed by atoms with Crippen molar-refractivity contribution in [2.45, 2.75) is 46.6 Å². The van der Waals surface area contributed by atoms with Gasteiger partial charge in [-0.1, -0.05) is 13.0 Å². The summed E-state index contributed by atoms with van der Waals surface area (Å²) in [4.78, 5) is 23.5. The highest BCUT2D eigenvalue weighted by Crippen LogP contribution is 2.28. The highest BCUT2D eigenvalue weighted by molar-refractivity contribution is 5.92. The van der Waals surface area contributed by atoms with Crippen molar-refractivity contribution in [3.8, 4) is 11.5 Å². The molecule has 0 saturated heterocycles. The van der Waals surface area contributed by atoms with Crippen molar-refractivity contribution in [2.75, 3.05) is 19.8 Å². The summed E-state index contributed by atoms with van der Waals surface area (Å²) in [6.45, 7) is 9.18. The molecule has 0 spiro atoms. The minimum absolute atomic E-state index is 0.0588. The molecule has 6 nitrogen and oxygen atoms in total. The first-order chi connectivity index (χ1) is 12.5. The summed E-state index contributed by atoms with van der Waals surface area (Å²) in [5, 5.41) is 5.56. The standard InChI is InChI=1S/C20H30N2O4/c1-5-15(4)22-20(24)12-13-21-19(23)11-9-16-8-10-17(25-6-2)18(14-16)26-7-3/h8-11,14-15H,5-7,12-13H2,1-4H3,(H,21,23)(H,22,24)/b11-9+. The molecule has 1 unspecified atom stereocenters. The van der Waals surface area contributed by atoms with Crippen LogP contribution in [0.2, 0.25) is 0 Å². The molecule has 6 heteroatoms. The van der Waals surface area contributed by atoms with Crippen molar-refractivity contribution >= 4 is 17.9 Å². The fraction of sp³-hybridized carbons (Fsp3) is 0.500. The molecule has 0 fully saturated rings. The largest absolute Gasteiger partial charge is 0.490 e. The lowest BCUT2D eigenvalue weighted by atomic mass is 10.2. The fourth-order valence-electron chi connectivity index (χ4n) is 2.15. The number of hydrogen-bond acceptors (Lipinski definition) is 4. The van der Waals surface area contributed by atoms with Crippen molar-refractivity contribution in [2.24, 2.45) is 0 Å². The van der Waals surface area contributed by atoms with E-state index in [2.05, 4.69) is 10.6 Å². The van der Waals surface area contributed by atoms with Crippen LogP contribution >= 0.6 is 0 Å². The molecular formula is C20H30N2O4. The normalized spacial score (nSPS) is 11.8. The van der Waals surface area contributed by atoms with E-state index >= 15 is 0 Å². The van der Waals surface area contributed by atoms with Crippen LogP contribution in [0.25, 0.3) is 6.08 Å². The summed E-state index contributed by atoms with van der Waals surface area (Å²) in [7, 11) is 0. The SMILES string of the molecule is CCOc1ccc(/C=C/C(=O)NCCC(=O)NC(C)CC)cc1OCC. The molecule has 1 aromatic carbocycles. The van der Waals surface area contributed by atoms with Gasteiger partial charge in [-0.2, -0.15) is 0 Å². The van der Waals surface area contributed by atoms with Crippen molar-refractivity contribution in [3.05, 3.63) is 29.8 Å². The molecule has 144 valence electrons. The monoisotopic (exact) mass is 362 g/mol. The van der Waals surface area contributed by atoms with Gasteiger partial charge in [-0.05, 0) is 51.0 Å². The summed E-state index contributed by atoms with van der Waals surface area (Å²) in [6, 6.07) is 5.66. The van der Waals surface area contributed by atoms with Crippen LogP contribution < -0.4 is 20.1 Å². The Morgan fingerprint density at radius 2 is 1.81 bits per heavy atom. The highest BCUT2D eigenvalue weighted by Gasteiger charge is 2.07. The Balaban J connectivity index is 2.52. The summed E-state index contributed by atoms with van der Waals surface area (Å²) in [5.41, 5.74) is 0.835. The molecule has 0 aliphatic rings. The third-order valence-corrected chi connectivity index (χ3v) is 3.67. The Hall–Kier alpha value is -2.50. The molecule has 1 rings (SSSR count). The molecule has 1 aromatic rings. The number of ether oxygens (including phenoxy) is 2. The van der Waals surface area contributed by atoms with E-state index in [0.29, 0.717) is 31.3 Å². The number of hydrogen-bond donors (Lipinski definition) is 2. The second-order valence-electron chi connectivity index (χ2n) is 5.82. The van der Waals surface area contributed by atoms with Gasteiger partial charge in [-0.3, -0.25) is 9.59 Å². The Bertz CT molecular complexity index is 614. The van der Waals surface area contributed by atoms with Gasteiger partial charge in [-0.25, -0.2) is 0 Å². The van der Waals surface area contributed by atoms with Gasteiger partial charge in [-0.15, -0.1) is 0 Å². The van der Waals surface area contributed by atoms with Crippen LogP contribution in [-0.2, 0) is 9.59 Å². The molecule has 0 bridgehead atoms. The average Bonchev–Trinajstić information content (AvgIpc) is 2.62. The first kappa shape index (κ1) is 21.5. The molecule has 0 aliphatic heterocycles. The molecule has 26 heavy (non-hydrogen) atoms. The summed E-state index contributed by atoms with van der Waals surface area (Å²) >= 11 is 0. The van der Waals surface area contributed by atoms with Gasteiger partial charge in [0.2, 0.25) is 11.8 Å². The van der Waals surface area contributed by atoms with Crippen LogP contribution in [0.5, 0.6) is 11.5 Å². The van der Waals surface area contributed by atoms with Gasteiger partial charge in [0.05, 0.1) is 13.2 Å². The fourth-order valence-corrected chi connectivity index (χ4v) is 2.15. The molecule has 0 aromatic heterocycles. The molecule has 0 aliphatic carbocycles. The van der Waals surface area contributed by atoms with Crippen LogP contribution in [-0.4, -0.2) is 37.6 Å². The van der Waals surface area contributed by atoms with Crippen molar-refractivity contribution in [1.82, 2.24) is 10.6 Å². The second-order valence-corrected chi connectivity index (χ2v) is 5.82. The van der Waals surface area contributed by atoms with E-state index < -0.39 is 0 Å². The highest BCUT2D eigenvalue weighted by atomic mass is 16.5. The van der Waals surface area contributed by atoms with Gasteiger partial charge in [0.15, 0.2) is 11.5 Å². The van der Waals surface area contributed by atoms with Crippen molar-refractivity contribution in [3.63, 3.8) is 0 Å². The number of benzene rings is 1. The smallest absolute Gasteiger partial charge is 0.244 e. The van der Waals surface area contributed by atoms with Crippen LogP contribution in [0.15, 0.2) is 24.3 Å². The Kier molecular flexibility index (Phi) is 9.90. The molecule has 0 saturated carbocycles. The second kappa shape index (κ2) is 12.0. The molecule has 1 atom stereocenters. The van der Waals surface area contributed by atoms with Crippen LogP contribution in [0.4, 0.5) is 0 Å². The van der Waals surface area contributed by atoms with Crippen LogP contribution in [0.1, 0.15) is 46.1 Å². The molecule has 2 amide bonds. The third-order valence-electron chi connectivity index (χ3n) is 3.67. The van der Waals surface area contributed by atoms with Crippen molar-refractivity contribution in [1.29, 1.82) is 0 Å². The molecule has 0 heterocycles. The molecule has 2 N–H and O–H groups in total. The zero-order chi connectivity index (χ0) is 19.4. The van der Waals surface area contributed by atoms with Gasteiger partial charge in [0.25, 0.3) is 0 Å². The Labute approximate surface area is 156 Å². The maximum Gasteiger partial charge on any atom is 0.244 e. The maximum absolute atomic E-state index is 11.9. The lowest BCUT2D eigenvalue weighted by Crippen LogP contribution is -2.34. The third kappa shape index (κ3) is 8.05. The number of rotatable bonds is 11. The lowest BCUT2D eigenvalue weighted by molar-refractivity contribution is -0.121. The number of amides is 2. The van der Waals surface area contributed by atoms with E-state index in [-0.39, 0.29) is 24.3 Å². The number of nitrogens with one attached hydrogen (secondary N) is 2. The van der Waals surface area contributed by atoms with Crippen LogP contribution in [0, 0.1) is 0 Å². The average molecular weight is 362 g/mol. The zero-order valence-electron chi connectivity index (χ0n) is 16.1. The quantitative estimate of drug-likeness (QED) is 0.594. The minimum atomic E-state index is -0.242. The van der Waals surface area contributed by atoms with E-state index in [9.17, 15) is 9.59 Å². The van der Waals surface area contributed by atoms with Gasteiger partial charge in [0, 0.05) is 25.1 Å². The van der Waals surface area contributed by atoms with E-state index in [1.165, 1.54) is 6.08 Å². The maximum atomic E-state index is 11.9. The molecule has 0 radical (unpaired) electrons. The predicted octanol–water partition coefficient (Wildman–Crippen LogP) is 2.92.